The predicted molar refractivity (Wildman–Crippen MR) is 93.4 cm³/mol. The Labute approximate surface area is 146 Å². The van der Waals surface area contributed by atoms with Crippen molar-refractivity contribution in [1.29, 1.82) is 0 Å². The Morgan fingerprint density at radius 2 is 2.17 bits per heavy atom. The van der Waals surface area contributed by atoms with Gasteiger partial charge in [-0.3, -0.25) is 14.1 Å². The second kappa shape index (κ2) is 7.21. The van der Waals surface area contributed by atoms with Gasteiger partial charge in [0.05, 0.1) is 25.3 Å². The van der Waals surface area contributed by atoms with Gasteiger partial charge in [-0.05, 0) is 19.3 Å². The lowest BCUT2D eigenvalue weighted by Crippen LogP contribution is -2.51. The molecule has 2 saturated heterocycles. The molecule has 0 radical (unpaired) electrons. The molecular formula is C17H24N4O2S. The van der Waals surface area contributed by atoms with Crippen molar-refractivity contribution >= 4 is 22.2 Å². The molecule has 1 amide bonds. The van der Waals surface area contributed by atoms with Crippen molar-refractivity contribution in [3.05, 3.63) is 23.5 Å². The number of hydrogen-bond donors (Lipinski definition) is 0. The van der Waals surface area contributed by atoms with E-state index < -0.39 is 0 Å². The molecule has 7 heteroatoms. The number of likely N-dealkylation sites (tertiary alicyclic amines) is 1. The van der Waals surface area contributed by atoms with E-state index in [9.17, 15) is 4.79 Å². The van der Waals surface area contributed by atoms with Crippen molar-refractivity contribution in [2.45, 2.75) is 31.7 Å². The van der Waals surface area contributed by atoms with Crippen molar-refractivity contribution < 1.29 is 9.53 Å². The van der Waals surface area contributed by atoms with Crippen LogP contribution in [0.1, 0.15) is 25.0 Å². The Morgan fingerprint density at radius 3 is 3.00 bits per heavy atom. The normalized spacial score (nSPS) is 23.0. The van der Waals surface area contributed by atoms with E-state index in [1.165, 1.54) is 6.42 Å². The summed E-state index contributed by atoms with van der Waals surface area (Å²) in [6.45, 7) is 5.45. The van der Waals surface area contributed by atoms with Crippen LogP contribution in [0.15, 0.2) is 17.8 Å². The highest BCUT2D eigenvalue weighted by molar-refractivity contribution is 7.15. The number of rotatable bonds is 4. The molecule has 130 valence electrons. The molecule has 2 aromatic heterocycles. The zero-order valence-electron chi connectivity index (χ0n) is 13.9. The summed E-state index contributed by atoms with van der Waals surface area (Å²) in [6.07, 6.45) is 7.83. The Hall–Kier alpha value is -1.44. The molecule has 1 atom stereocenters. The number of piperidine rings is 1. The van der Waals surface area contributed by atoms with E-state index in [0.29, 0.717) is 12.5 Å². The fourth-order valence-corrected chi connectivity index (χ4v) is 4.44. The van der Waals surface area contributed by atoms with Crippen LogP contribution in [0.4, 0.5) is 0 Å². The second-order valence-corrected chi connectivity index (χ2v) is 7.52. The van der Waals surface area contributed by atoms with Crippen molar-refractivity contribution in [3.8, 4) is 0 Å². The summed E-state index contributed by atoms with van der Waals surface area (Å²) in [4.78, 5) is 22.9. The molecule has 0 bridgehead atoms. The number of carbonyl (C=O) groups excluding carboxylic acids is 1. The number of morpholine rings is 1. The first-order chi connectivity index (χ1) is 11.8. The molecule has 0 aromatic carbocycles. The number of thiazole rings is 1. The molecule has 0 spiro atoms. The number of fused-ring (bicyclic) bond motifs is 1. The number of aromatic nitrogens is 2. The maximum absolute atomic E-state index is 12.9. The van der Waals surface area contributed by atoms with Crippen LogP contribution >= 0.6 is 11.3 Å². The van der Waals surface area contributed by atoms with Gasteiger partial charge < -0.3 is 9.64 Å². The van der Waals surface area contributed by atoms with E-state index >= 15 is 0 Å². The smallest absolute Gasteiger partial charge is 0.228 e. The van der Waals surface area contributed by atoms with Gasteiger partial charge in [0, 0.05) is 50.0 Å². The van der Waals surface area contributed by atoms with Gasteiger partial charge in [0.1, 0.15) is 0 Å². The highest BCUT2D eigenvalue weighted by atomic mass is 32.1. The Bertz CT molecular complexity index is 663. The predicted octanol–water partition coefficient (Wildman–Crippen LogP) is 1.65. The van der Waals surface area contributed by atoms with Crippen molar-refractivity contribution in [2.75, 3.05) is 39.4 Å². The maximum Gasteiger partial charge on any atom is 0.228 e. The minimum atomic E-state index is 0.221. The fraction of sp³-hybridized carbons (Fsp3) is 0.647. The molecule has 2 aromatic rings. The first-order valence-electron chi connectivity index (χ1n) is 8.80. The molecule has 0 saturated carbocycles. The van der Waals surface area contributed by atoms with Gasteiger partial charge in [0.25, 0.3) is 0 Å². The van der Waals surface area contributed by atoms with Crippen LogP contribution in [0.3, 0.4) is 0 Å². The highest BCUT2D eigenvalue weighted by Gasteiger charge is 2.29. The quantitative estimate of drug-likeness (QED) is 0.843. The Morgan fingerprint density at radius 1 is 1.29 bits per heavy atom. The molecule has 4 rings (SSSR count). The van der Waals surface area contributed by atoms with Crippen molar-refractivity contribution in [3.63, 3.8) is 0 Å². The monoisotopic (exact) mass is 348 g/mol. The SMILES string of the molecule is O=C(Cc1cn2ccsc2n1)N1CCCCC1CN1CCOCC1. The van der Waals surface area contributed by atoms with Gasteiger partial charge in [0.15, 0.2) is 4.96 Å². The minimum Gasteiger partial charge on any atom is -0.379 e. The zero-order chi connectivity index (χ0) is 16.4. The number of carbonyl (C=O) groups is 1. The summed E-state index contributed by atoms with van der Waals surface area (Å²) in [5.74, 6) is 0.221. The third-order valence-corrected chi connectivity index (χ3v) is 5.77. The summed E-state index contributed by atoms with van der Waals surface area (Å²) in [6, 6.07) is 0.341. The molecule has 24 heavy (non-hydrogen) atoms. The zero-order valence-corrected chi connectivity index (χ0v) is 14.7. The molecule has 2 fully saturated rings. The van der Waals surface area contributed by atoms with Gasteiger partial charge in [0.2, 0.25) is 5.91 Å². The molecular weight excluding hydrogens is 324 g/mol. The average molecular weight is 348 g/mol. The number of imidazole rings is 1. The molecule has 0 N–H and O–H groups in total. The fourth-order valence-electron chi connectivity index (χ4n) is 3.72. The first kappa shape index (κ1) is 16.1. The first-order valence-corrected chi connectivity index (χ1v) is 9.68. The van der Waals surface area contributed by atoms with Crippen LogP contribution in [-0.4, -0.2) is 70.5 Å². The third-order valence-electron chi connectivity index (χ3n) is 5.00. The molecule has 1 unspecified atom stereocenters. The standard InChI is InChI=1S/C17H24N4O2S/c22-16(11-14-12-20-7-10-24-17(20)18-14)21-4-2-1-3-15(21)13-19-5-8-23-9-6-19/h7,10,12,15H,1-6,8-9,11,13H2. The van der Waals surface area contributed by atoms with Gasteiger partial charge in [-0.15, -0.1) is 11.3 Å². The van der Waals surface area contributed by atoms with Crippen molar-refractivity contribution in [2.24, 2.45) is 0 Å². The largest absolute Gasteiger partial charge is 0.379 e. The number of amides is 1. The van der Waals surface area contributed by atoms with E-state index in [1.807, 2.05) is 22.2 Å². The van der Waals surface area contributed by atoms with Gasteiger partial charge in [-0.25, -0.2) is 4.98 Å². The summed E-state index contributed by atoms with van der Waals surface area (Å²) < 4.78 is 7.43. The number of nitrogens with zero attached hydrogens (tertiary/aromatic N) is 4. The van der Waals surface area contributed by atoms with Crippen molar-refractivity contribution in [1.82, 2.24) is 19.2 Å². The lowest BCUT2D eigenvalue weighted by atomic mass is 10.0. The number of hydrogen-bond acceptors (Lipinski definition) is 5. The molecule has 4 heterocycles. The highest BCUT2D eigenvalue weighted by Crippen LogP contribution is 2.20. The lowest BCUT2D eigenvalue weighted by Gasteiger charge is -2.39. The molecule has 2 aliphatic heterocycles. The molecule has 6 nitrogen and oxygen atoms in total. The summed E-state index contributed by atoms with van der Waals surface area (Å²) in [5.41, 5.74) is 0.877. The summed E-state index contributed by atoms with van der Waals surface area (Å²) in [5, 5.41) is 2.01. The minimum absolute atomic E-state index is 0.221. The summed E-state index contributed by atoms with van der Waals surface area (Å²) in [7, 11) is 0. The number of ether oxygens (including phenoxy) is 1. The van der Waals surface area contributed by atoms with E-state index in [1.54, 1.807) is 11.3 Å². The van der Waals surface area contributed by atoms with E-state index in [-0.39, 0.29) is 5.91 Å². The van der Waals surface area contributed by atoms with Crippen LogP contribution in [0.5, 0.6) is 0 Å². The van der Waals surface area contributed by atoms with Gasteiger partial charge in [-0.1, -0.05) is 0 Å². The van der Waals surface area contributed by atoms with Crippen LogP contribution < -0.4 is 0 Å². The van der Waals surface area contributed by atoms with Crippen LogP contribution in [0, 0.1) is 0 Å². The lowest BCUT2D eigenvalue weighted by molar-refractivity contribution is -0.135. The van der Waals surface area contributed by atoms with E-state index in [4.69, 9.17) is 4.74 Å². The summed E-state index contributed by atoms with van der Waals surface area (Å²) >= 11 is 1.60. The van der Waals surface area contributed by atoms with Crippen LogP contribution in [-0.2, 0) is 16.0 Å². The Kier molecular flexibility index (Phi) is 4.82. The molecule has 2 aliphatic rings. The second-order valence-electron chi connectivity index (χ2n) is 6.65. The van der Waals surface area contributed by atoms with Crippen LogP contribution in [0.25, 0.3) is 4.96 Å². The van der Waals surface area contributed by atoms with Gasteiger partial charge >= 0.3 is 0 Å². The van der Waals surface area contributed by atoms with Crippen LogP contribution in [0.2, 0.25) is 0 Å². The average Bonchev–Trinajstić information content (AvgIpc) is 3.17. The Balaban J connectivity index is 1.41. The maximum atomic E-state index is 12.9. The van der Waals surface area contributed by atoms with Gasteiger partial charge in [-0.2, -0.15) is 0 Å². The topological polar surface area (TPSA) is 50.1 Å². The third kappa shape index (κ3) is 3.48. The van der Waals surface area contributed by atoms with E-state index in [2.05, 4.69) is 14.8 Å². The molecule has 0 aliphatic carbocycles. The van der Waals surface area contributed by atoms with E-state index in [0.717, 1.165) is 62.9 Å².